The first kappa shape index (κ1) is 18.5. The molecule has 0 bridgehead atoms. The summed E-state index contributed by atoms with van der Waals surface area (Å²) in [6, 6.07) is 14.1. The maximum Gasteiger partial charge on any atom is 0.270 e. The van der Waals surface area contributed by atoms with Crippen LogP contribution in [0.5, 0.6) is 17.4 Å². The quantitative estimate of drug-likeness (QED) is 0.514. The van der Waals surface area contributed by atoms with Crippen molar-refractivity contribution >= 4 is 33.3 Å². The van der Waals surface area contributed by atoms with Gasteiger partial charge in [-0.05, 0) is 40.2 Å². The van der Waals surface area contributed by atoms with Gasteiger partial charge in [-0.3, -0.25) is 15.6 Å². The zero-order valence-electron chi connectivity index (χ0n) is 14.3. The SMILES string of the molecule is COc1ccccc1Oc1ncnc(NNC(=O)c2ccccc2Br)c1N. The van der Waals surface area contributed by atoms with Gasteiger partial charge in [0.1, 0.15) is 12.0 Å². The predicted molar refractivity (Wildman–Crippen MR) is 105 cm³/mol. The Bertz CT molecular complexity index is 967. The first-order valence-corrected chi connectivity index (χ1v) is 8.61. The van der Waals surface area contributed by atoms with Gasteiger partial charge in [0.15, 0.2) is 17.3 Å². The third kappa shape index (κ3) is 4.26. The lowest BCUT2D eigenvalue weighted by Gasteiger charge is -2.14. The van der Waals surface area contributed by atoms with Crippen LogP contribution in [0.1, 0.15) is 10.4 Å². The Balaban J connectivity index is 1.75. The third-order valence-corrected chi connectivity index (χ3v) is 4.23. The molecule has 0 spiro atoms. The number of hydrazine groups is 1. The number of anilines is 2. The first-order valence-electron chi connectivity index (χ1n) is 7.82. The van der Waals surface area contributed by atoms with Crippen molar-refractivity contribution in [3.05, 3.63) is 64.9 Å². The van der Waals surface area contributed by atoms with Crippen LogP contribution in [0.4, 0.5) is 11.5 Å². The molecule has 0 aliphatic carbocycles. The van der Waals surface area contributed by atoms with Gasteiger partial charge in [0, 0.05) is 4.47 Å². The molecule has 0 aliphatic heterocycles. The highest BCUT2D eigenvalue weighted by atomic mass is 79.9. The molecule has 1 aromatic heterocycles. The van der Waals surface area contributed by atoms with E-state index in [0.29, 0.717) is 21.5 Å². The zero-order valence-corrected chi connectivity index (χ0v) is 15.9. The molecule has 138 valence electrons. The molecule has 3 aromatic rings. The molecule has 0 saturated heterocycles. The van der Waals surface area contributed by atoms with Gasteiger partial charge >= 0.3 is 0 Å². The molecule has 3 rings (SSSR count). The van der Waals surface area contributed by atoms with E-state index in [-0.39, 0.29) is 23.3 Å². The fourth-order valence-electron chi connectivity index (χ4n) is 2.20. The largest absolute Gasteiger partial charge is 0.493 e. The van der Waals surface area contributed by atoms with Gasteiger partial charge in [-0.25, -0.2) is 4.98 Å². The number of aromatic nitrogens is 2. The maximum atomic E-state index is 12.3. The van der Waals surface area contributed by atoms with E-state index in [1.807, 2.05) is 12.1 Å². The molecule has 0 radical (unpaired) electrons. The number of amides is 1. The van der Waals surface area contributed by atoms with Gasteiger partial charge in [0.25, 0.3) is 5.91 Å². The topological polar surface area (TPSA) is 111 Å². The highest BCUT2D eigenvalue weighted by molar-refractivity contribution is 9.10. The lowest BCUT2D eigenvalue weighted by molar-refractivity contribution is 0.0961. The fourth-order valence-corrected chi connectivity index (χ4v) is 2.66. The second-order valence-electron chi connectivity index (χ2n) is 5.25. The number of benzene rings is 2. The molecule has 1 amide bonds. The summed E-state index contributed by atoms with van der Waals surface area (Å²) in [6.45, 7) is 0. The summed E-state index contributed by atoms with van der Waals surface area (Å²) in [5, 5.41) is 0. The van der Waals surface area contributed by atoms with E-state index in [4.69, 9.17) is 15.2 Å². The van der Waals surface area contributed by atoms with Crippen LogP contribution in [-0.4, -0.2) is 23.0 Å². The van der Waals surface area contributed by atoms with Crippen molar-refractivity contribution < 1.29 is 14.3 Å². The van der Waals surface area contributed by atoms with Crippen LogP contribution in [-0.2, 0) is 0 Å². The normalized spacial score (nSPS) is 10.1. The smallest absolute Gasteiger partial charge is 0.270 e. The van der Waals surface area contributed by atoms with Crippen molar-refractivity contribution in [3.63, 3.8) is 0 Å². The van der Waals surface area contributed by atoms with E-state index in [9.17, 15) is 4.79 Å². The van der Waals surface area contributed by atoms with Gasteiger partial charge in [0.05, 0.1) is 12.7 Å². The number of hydrogen-bond acceptors (Lipinski definition) is 7. The Morgan fingerprint density at radius 1 is 1.07 bits per heavy atom. The molecule has 2 aromatic carbocycles. The van der Waals surface area contributed by atoms with E-state index < -0.39 is 0 Å². The van der Waals surface area contributed by atoms with Crippen molar-refractivity contribution in [2.45, 2.75) is 0 Å². The van der Waals surface area contributed by atoms with Crippen molar-refractivity contribution in [2.75, 3.05) is 18.3 Å². The fraction of sp³-hybridized carbons (Fsp3) is 0.0556. The van der Waals surface area contributed by atoms with Crippen molar-refractivity contribution in [2.24, 2.45) is 0 Å². The van der Waals surface area contributed by atoms with Crippen LogP contribution in [0.25, 0.3) is 0 Å². The van der Waals surface area contributed by atoms with E-state index in [1.165, 1.54) is 13.4 Å². The standard InChI is InChI=1S/C18H16BrN5O3/c1-26-13-8-4-5-9-14(13)27-18-15(20)16(21-10-22-18)23-24-17(25)11-6-2-3-7-12(11)19/h2-10H,20H2,1H3,(H,24,25)(H,21,22,23). The van der Waals surface area contributed by atoms with E-state index in [1.54, 1.807) is 36.4 Å². The summed E-state index contributed by atoms with van der Waals surface area (Å²) in [5.41, 5.74) is 11.9. The van der Waals surface area contributed by atoms with Gasteiger partial charge in [-0.1, -0.05) is 24.3 Å². The van der Waals surface area contributed by atoms with Crippen LogP contribution < -0.4 is 26.1 Å². The molecule has 1 heterocycles. The van der Waals surface area contributed by atoms with Crippen molar-refractivity contribution in [1.29, 1.82) is 0 Å². The first-order chi connectivity index (χ1) is 13.1. The summed E-state index contributed by atoms with van der Waals surface area (Å²) >= 11 is 3.33. The maximum absolute atomic E-state index is 12.3. The Morgan fingerprint density at radius 3 is 2.52 bits per heavy atom. The number of nitrogens with one attached hydrogen (secondary N) is 2. The summed E-state index contributed by atoms with van der Waals surface area (Å²) in [4.78, 5) is 20.3. The number of rotatable bonds is 6. The van der Waals surface area contributed by atoms with E-state index >= 15 is 0 Å². The van der Waals surface area contributed by atoms with Crippen LogP contribution in [0.15, 0.2) is 59.3 Å². The summed E-state index contributed by atoms with van der Waals surface area (Å²) < 4.78 is 11.6. The van der Waals surface area contributed by atoms with Gasteiger partial charge < -0.3 is 15.2 Å². The second kappa shape index (κ2) is 8.37. The van der Waals surface area contributed by atoms with Crippen LogP contribution >= 0.6 is 15.9 Å². The van der Waals surface area contributed by atoms with Crippen molar-refractivity contribution in [1.82, 2.24) is 15.4 Å². The number of methoxy groups -OCH3 is 1. The molecule has 0 unspecified atom stereocenters. The Morgan fingerprint density at radius 2 is 1.78 bits per heavy atom. The third-order valence-electron chi connectivity index (χ3n) is 3.54. The number of hydrogen-bond donors (Lipinski definition) is 3. The number of nitrogen functional groups attached to an aromatic ring is 1. The summed E-state index contributed by atoms with van der Waals surface area (Å²) in [5.74, 6) is 0.969. The highest BCUT2D eigenvalue weighted by Crippen LogP contribution is 2.34. The molecule has 8 nitrogen and oxygen atoms in total. The van der Waals surface area contributed by atoms with Gasteiger partial charge in [0.2, 0.25) is 5.88 Å². The average Bonchev–Trinajstić information content (AvgIpc) is 2.69. The zero-order chi connectivity index (χ0) is 19.2. The minimum absolute atomic E-state index is 0.132. The van der Waals surface area contributed by atoms with Crippen molar-refractivity contribution in [3.8, 4) is 17.4 Å². The minimum atomic E-state index is -0.354. The molecule has 0 atom stereocenters. The number of nitrogens with two attached hydrogens (primary N) is 1. The highest BCUT2D eigenvalue weighted by Gasteiger charge is 2.14. The molecule has 27 heavy (non-hydrogen) atoms. The number of para-hydroxylation sites is 2. The number of ether oxygens (including phenoxy) is 2. The van der Waals surface area contributed by atoms with E-state index in [2.05, 4.69) is 36.7 Å². The number of nitrogens with zero attached hydrogens (tertiary/aromatic N) is 2. The van der Waals surface area contributed by atoms with Crippen LogP contribution in [0, 0.1) is 0 Å². The Labute approximate surface area is 163 Å². The molecule has 9 heteroatoms. The molecule has 0 saturated carbocycles. The predicted octanol–water partition coefficient (Wildman–Crippen LogP) is 3.38. The van der Waals surface area contributed by atoms with Gasteiger partial charge in [-0.2, -0.15) is 4.98 Å². The number of carbonyl (C=O) groups is 1. The second-order valence-corrected chi connectivity index (χ2v) is 6.11. The lowest BCUT2D eigenvalue weighted by atomic mass is 10.2. The Hall–Kier alpha value is -3.33. The Kier molecular flexibility index (Phi) is 5.72. The lowest BCUT2D eigenvalue weighted by Crippen LogP contribution is -2.30. The summed E-state index contributed by atoms with van der Waals surface area (Å²) in [7, 11) is 1.54. The van der Waals surface area contributed by atoms with E-state index in [0.717, 1.165) is 0 Å². The van der Waals surface area contributed by atoms with Crippen LogP contribution in [0.2, 0.25) is 0 Å². The molecule has 0 fully saturated rings. The monoisotopic (exact) mass is 429 g/mol. The summed E-state index contributed by atoms with van der Waals surface area (Å²) in [6.07, 6.45) is 1.27. The minimum Gasteiger partial charge on any atom is -0.493 e. The molecule has 0 aliphatic rings. The number of carbonyl (C=O) groups excluding carboxylic acids is 1. The van der Waals surface area contributed by atoms with Crippen LogP contribution in [0.3, 0.4) is 0 Å². The van der Waals surface area contributed by atoms with Gasteiger partial charge in [-0.15, -0.1) is 0 Å². The number of halogens is 1. The molecular formula is C18H16BrN5O3. The average molecular weight is 430 g/mol. The molecule has 4 N–H and O–H groups in total. The molecular weight excluding hydrogens is 414 g/mol.